The van der Waals surface area contributed by atoms with Crippen LogP contribution in [0.5, 0.6) is 0 Å². The molecule has 0 fully saturated rings. The predicted molar refractivity (Wildman–Crippen MR) is 60.9 cm³/mol. The fraction of sp³-hybridized carbons (Fsp3) is 0.385. The summed E-state index contributed by atoms with van der Waals surface area (Å²) in [5.74, 6) is 2.83. The van der Waals surface area contributed by atoms with Crippen molar-refractivity contribution in [3.8, 4) is 12.3 Å². The maximum atomic E-state index is 5.55. The minimum absolute atomic E-state index is 0.0798. The molecule has 0 N–H and O–H groups in total. The normalized spacial score (nSPS) is 12.9. The van der Waals surface area contributed by atoms with Crippen LogP contribution in [0.15, 0.2) is 30.3 Å². The van der Waals surface area contributed by atoms with Crippen LogP contribution in [-0.2, 0) is 0 Å². The van der Waals surface area contributed by atoms with E-state index in [1.807, 2.05) is 18.2 Å². The summed E-state index contributed by atoms with van der Waals surface area (Å²) in [5.41, 5.74) is 1.19. The largest absolute Gasteiger partial charge is 0.287 e. The summed E-state index contributed by atoms with van der Waals surface area (Å²) >= 11 is 0. The van der Waals surface area contributed by atoms with Crippen LogP contribution in [0.3, 0.4) is 0 Å². The Bertz CT molecular complexity index is 308. The summed E-state index contributed by atoms with van der Waals surface area (Å²) in [6, 6.07) is 10.7. The van der Waals surface area contributed by atoms with Gasteiger partial charge in [-0.15, -0.1) is 6.42 Å². The summed E-state index contributed by atoms with van der Waals surface area (Å²) < 4.78 is 0. The highest BCUT2D eigenvalue weighted by atomic mass is 15.1. The van der Waals surface area contributed by atoms with E-state index in [0.717, 1.165) is 0 Å². The zero-order chi connectivity index (χ0) is 10.6. The molecule has 0 saturated carbocycles. The van der Waals surface area contributed by atoms with Crippen LogP contribution in [0.25, 0.3) is 0 Å². The third-order valence-corrected chi connectivity index (χ3v) is 2.49. The van der Waals surface area contributed by atoms with Gasteiger partial charge in [0.05, 0.1) is 6.04 Å². The molecule has 1 rings (SSSR count). The third kappa shape index (κ3) is 2.37. The van der Waals surface area contributed by atoms with Gasteiger partial charge in [0.15, 0.2) is 0 Å². The molecule has 1 unspecified atom stereocenters. The highest BCUT2D eigenvalue weighted by Crippen LogP contribution is 2.19. The lowest BCUT2D eigenvalue weighted by Gasteiger charge is -2.27. The average molecular weight is 187 g/mol. The standard InChI is InChI=1S/C13H17N/c1-5-13(14(4)11(2)3)12-9-7-6-8-10-12/h1,6-11,13H,2-4H3. The molecular weight excluding hydrogens is 170 g/mol. The molecule has 0 heterocycles. The number of hydrogen-bond acceptors (Lipinski definition) is 1. The lowest BCUT2D eigenvalue weighted by atomic mass is 10.1. The van der Waals surface area contributed by atoms with E-state index in [9.17, 15) is 0 Å². The van der Waals surface area contributed by atoms with E-state index >= 15 is 0 Å². The highest BCUT2D eigenvalue weighted by Gasteiger charge is 2.15. The molecule has 0 amide bonds. The van der Waals surface area contributed by atoms with Gasteiger partial charge in [-0.05, 0) is 26.5 Å². The molecule has 14 heavy (non-hydrogen) atoms. The highest BCUT2D eigenvalue weighted by molar-refractivity contribution is 5.25. The summed E-state index contributed by atoms with van der Waals surface area (Å²) in [7, 11) is 2.06. The van der Waals surface area contributed by atoms with Crippen LogP contribution in [0.1, 0.15) is 25.5 Å². The van der Waals surface area contributed by atoms with Crippen molar-refractivity contribution in [3.63, 3.8) is 0 Å². The maximum absolute atomic E-state index is 5.55. The van der Waals surface area contributed by atoms with Crippen molar-refractivity contribution < 1.29 is 0 Å². The Morgan fingerprint density at radius 1 is 1.21 bits per heavy atom. The van der Waals surface area contributed by atoms with E-state index in [4.69, 9.17) is 6.42 Å². The van der Waals surface area contributed by atoms with Gasteiger partial charge in [-0.1, -0.05) is 36.3 Å². The Kier molecular flexibility index (Phi) is 3.73. The first-order chi connectivity index (χ1) is 6.66. The van der Waals surface area contributed by atoms with Gasteiger partial charge in [0.25, 0.3) is 0 Å². The average Bonchev–Trinajstić information content (AvgIpc) is 2.20. The van der Waals surface area contributed by atoms with Gasteiger partial charge in [0.2, 0.25) is 0 Å². The smallest absolute Gasteiger partial charge is 0.0967 e. The lowest BCUT2D eigenvalue weighted by Crippen LogP contribution is -2.30. The third-order valence-electron chi connectivity index (χ3n) is 2.49. The van der Waals surface area contributed by atoms with Crippen molar-refractivity contribution in [1.29, 1.82) is 0 Å². The number of rotatable bonds is 3. The molecule has 0 radical (unpaired) electrons. The van der Waals surface area contributed by atoms with E-state index in [0.29, 0.717) is 6.04 Å². The zero-order valence-corrected chi connectivity index (χ0v) is 9.07. The van der Waals surface area contributed by atoms with E-state index in [1.165, 1.54) is 5.56 Å². The van der Waals surface area contributed by atoms with Gasteiger partial charge < -0.3 is 0 Å². The number of hydrogen-bond donors (Lipinski definition) is 0. The number of benzene rings is 1. The lowest BCUT2D eigenvalue weighted by molar-refractivity contribution is 0.237. The van der Waals surface area contributed by atoms with Crippen molar-refractivity contribution in [2.75, 3.05) is 7.05 Å². The molecule has 0 spiro atoms. The van der Waals surface area contributed by atoms with E-state index < -0.39 is 0 Å². The van der Waals surface area contributed by atoms with Crippen molar-refractivity contribution in [1.82, 2.24) is 4.90 Å². The van der Waals surface area contributed by atoms with Crippen LogP contribution in [0.4, 0.5) is 0 Å². The second-order valence-corrected chi connectivity index (χ2v) is 3.74. The Hall–Kier alpha value is -1.26. The van der Waals surface area contributed by atoms with Crippen molar-refractivity contribution >= 4 is 0 Å². The predicted octanol–water partition coefficient (Wildman–Crippen LogP) is 2.70. The first-order valence-corrected chi connectivity index (χ1v) is 4.90. The fourth-order valence-electron chi connectivity index (χ4n) is 1.38. The van der Waals surface area contributed by atoms with Crippen LogP contribution in [-0.4, -0.2) is 18.0 Å². The Balaban J connectivity index is 2.89. The van der Waals surface area contributed by atoms with Gasteiger partial charge in [-0.2, -0.15) is 0 Å². The van der Waals surface area contributed by atoms with Gasteiger partial charge in [-0.3, -0.25) is 4.90 Å². The molecule has 1 aromatic carbocycles. The molecule has 0 saturated heterocycles. The summed E-state index contributed by atoms with van der Waals surface area (Å²) in [6.07, 6.45) is 5.55. The topological polar surface area (TPSA) is 3.24 Å². The summed E-state index contributed by atoms with van der Waals surface area (Å²) in [5, 5.41) is 0. The Labute approximate surface area is 86.7 Å². The minimum Gasteiger partial charge on any atom is -0.287 e. The van der Waals surface area contributed by atoms with E-state index in [2.05, 4.69) is 43.8 Å². The van der Waals surface area contributed by atoms with Gasteiger partial charge in [0.1, 0.15) is 0 Å². The molecule has 1 heteroatoms. The second-order valence-electron chi connectivity index (χ2n) is 3.74. The van der Waals surface area contributed by atoms with Gasteiger partial charge in [-0.25, -0.2) is 0 Å². The number of nitrogens with zero attached hydrogens (tertiary/aromatic N) is 1. The van der Waals surface area contributed by atoms with Gasteiger partial charge in [0, 0.05) is 6.04 Å². The molecule has 0 aliphatic heterocycles. The Morgan fingerprint density at radius 3 is 2.21 bits per heavy atom. The van der Waals surface area contributed by atoms with E-state index in [-0.39, 0.29) is 6.04 Å². The quantitative estimate of drug-likeness (QED) is 0.658. The molecule has 1 aromatic rings. The minimum atomic E-state index is 0.0798. The molecule has 74 valence electrons. The van der Waals surface area contributed by atoms with Crippen molar-refractivity contribution in [3.05, 3.63) is 35.9 Å². The van der Waals surface area contributed by atoms with Crippen LogP contribution in [0, 0.1) is 12.3 Å². The van der Waals surface area contributed by atoms with Crippen LogP contribution >= 0.6 is 0 Å². The Morgan fingerprint density at radius 2 is 1.79 bits per heavy atom. The van der Waals surface area contributed by atoms with Crippen molar-refractivity contribution in [2.45, 2.75) is 25.9 Å². The maximum Gasteiger partial charge on any atom is 0.0967 e. The van der Waals surface area contributed by atoms with E-state index in [1.54, 1.807) is 0 Å². The summed E-state index contributed by atoms with van der Waals surface area (Å²) in [6.45, 7) is 4.29. The SMILES string of the molecule is C#CC(c1ccccc1)N(C)C(C)C. The first kappa shape index (κ1) is 10.8. The second kappa shape index (κ2) is 4.83. The molecule has 0 bridgehead atoms. The van der Waals surface area contributed by atoms with Crippen LogP contribution in [0.2, 0.25) is 0 Å². The fourth-order valence-corrected chi connectivity index (χ4v) is 1.38. The van der Waals surface area contributed by atoms with Crippen LogP contribution < -0.4 is 0 Å². The summed E-state index contributed by atoms with van der Waals surface area (Å²) in [4.78, 5) is 2.19. The molecule has 0 aliphatic rings. The molecule has 1 atom stereocenters. The number of terminal acetylenes is 1. The van der Waals surface area contributed by atoms with Gasteiger partial charge >= 0.3 is 0 Å². The zero-order valence-electron chi connectivity index (χ0n) is 9.07. The molecule has 0 aliphatic carbocycles. The molecular formula is C13H17N. The van der Waals surface area contributed by atoms with Crippen molar-refractivity contribution in [2.24, 2.45) is 0 Å². The molecule has 1 nitrogen and oxygen atoms in total. The monoisotopic (exact) mass is 187 g/mol. The molecule has 0 aromatic heterocycles. The first-order valence-electron chi connectivity index (χ1n) is 4.90.